The van der Waals surface area contributed by atoms with E-state index >= 15 is 0 Å². The molecule has 0 aliphatic heterocycles. The van der Waals surface area contributed by atoms with Gasteiger partial charge in [0.2, 0.25) is 0 Å². The Bertz CT molecular complexity index is 847. The van der Waals surface area contributed by atoms with Gasteiger partial charge in [0.15, 0.2) is 0 Å². The number of carbonyl (C=O) groups excluding carboxylic acids is 1. The number of H-pyrrole nitrogens is 1. The van der Waals surface area contributed by atoms with Gasteiger partial charge in [0.05, 0.1) is 6.61 Å². The van der Waals surface area contributed by atoms with Crippen molar-refractivity contribution in [2.75, 3.05) is 6.61 Å². The molecule has 0 fully saturated rings. The topological polar surface area (TPSA) is 42.1 Å². The number of aryl methyl sites for hydroxylation is 2. The van der Waals surface area contributed by atoms with E-state index in [9.17, 15) is 4.79 Å². The van der Waals surface area contributed by atoms with E-state index < -0.39 is 0 Å². The van der Waals surface area contributed by atoms with Crippen LogP contribution in [0.2, 0.25) is 0 Å². The molecule has 0 saturated heterocycles. The molecule has 0 aliphatic carbocycles. The van der Waals surface area contributed by atoms with E-state index in [-0.39, 0.29) is 5.97 Å². The van der Waals surface area contributed by atoms with Crippen molar-refractivity contribution in [3.63, 3.8) is 0 Å². The average molecular weight is 319 g/mol. The van der Waals surface area contributed by atoms with Crippen LogP contribution in [0.1, 0.15) is 23.6 Å². The molecule has 3 aromatic rings. The minimum atomic E-state index is -0.309. The number of ether oxygens (including phenoxy) is 1. The predicted octanol–water partition coefficient (Wildman–Crippen LogP) is 4.53. The number of fused-ring (bicyclic) bond motifs is 1. The Morgan fingerprint density at radius 3 is 2.75 bits per heavy atom. The van der Waals surface area contributed by atoms with E-state index in [0.717, 1.165) is 23.9 Å². The summed E-state index contributed by atoms with van der Waals surface area (Å²) in [6.07, 6.45) is 7.34. The molecule has 3 nitrogen and oxygen atoms in total. The zero-order chi connectivity index (χ0) is 16.8. The van der Waals surface area contributed by atoms with Gasteiger partial charge in [-0.05, 0) is 54.7 Å². The summed E-state index contributed by atoms with van der Waals surface area (Å²) in [5, 5.41) is 1.21. The molecular weight excluding hydrogens is 298 g/mol. The van der Waals surface area contributed by atoms with Crippen molar-refractivity contribution in [3.05, 3.63) is 77.5 Å². The Morgan fingerprint density at radius 1 is 1.12 bits per heavy atom. The number of hydrogen-bond donors (Lipinski definition) is 1. The van der Waals surface area contributed by atoms with Gasteiger partial charge >= 0.3 is 5.97 Å². The second-order valence-corrected chi connectivity index (χ2v) is 5.69. The molecule has 1 aromatic heterocycles. The van der Waals surface area contributed by atoms with E-state index in [1.165, 1.54) is 22.6 Å². The molecule has 3 heteroatoms. The summed E-state index contributed by atoms with van der Waals surface area (Å²) in [5.74, 6) is -0.309. The van der Waals surface area contributed by atoms with Gasteiger partial charge in [0, 0.05) is 23.2 Å². The molecule has 0 aliphatic rings. The number of rotatable bonds is 6. The maximum absolute atomic E-state index is 11.4. The first kappa shape index (κ1) is 16.1. The van der Waals surface area contributed by atoms with E-state index in [0.29, 0.717) is 6.61 Å². The second kappa shape index (κ2) is 7.64. The number of esters is 1. The van der Waals surface area contributed by atoms with E-state index in [4.69, 9.17) is 4.74 Å². The van der Waals surface area contributed by atoms with Crippen LogP contribution in [-0.2, 0) is 22.4 Å². The van der Waals surface area contributed by atoms with Gasteiger partial charge in [-0.15, -0.1) is 0 Å². The fraction of sp³-hybridized carbons (Fsp3) is 0.190. The summed E-state index contributed by atoms with van der Waals surface area (Å²) in [7, 11) is 0. The lowest BCUT2D eigenvalue weighted by molar-refractivity contribution is -0.137. The molecule has 0 spiro atoms. The Labute approximate surface area is 142 Å². The minimum absolute atomic E-state index is 0.309. The van der Waals surface area contributed by atoms with Crippen molar-refractivity contribution in [1.82, 2.24) is 4.98 Å². The molecule has 0 bridgehead atoms. The smallest absolute Gasteiger partial charge is 0.330 e. The normalized spacial score (nSPS) is 11.2. The summed E-state index contributed by atoms with van der Waals surface area (Å²) >= 11 is 0. The Morgan fingerprint density at radius 2 is 1.96 bits per heavy atom. The first-order valence-electron chi connectivity index (χ1n) is 8.25. The molecule has 2 aromatic carbocycles. The quantitative estimate of drug-likeness (QED) is 0.536. The van der Waals surface area contributed by atoms with Gasteiger partial charge in [0.1, 0.15) is 0 Å². The molecule has 1 N–H and O–H groups in total. The molecule has 0 atom stereocenters. The first-order chi connectivity index (χ1) is 11.8. The standard InChI is InChI=1S/C21H21NO2/c1-2-24-21(23)13-10-17-9-12-20-19(14-17)18(15-22-20)11-8-16-6-4-3-5-7-16/h3-7,9-10,12-15,22H,2,8,11H2,1H3/b13-10+. The highest BCUT2D eigenvalue weighted by molar-refractivity contribution is 5.90. The molecule has 0 saturated carbocycles. The van der Waals surface area contributed by atoms with Crippen LogP contribution in [0.25, 0.3) is 17.0 Å². The lowest BCUT2D eigenvalue weighted by Gasteiger charge is -2.02. The molecule has 0 amide bonds. The van der Waals surface area contributed by atoms with Crippen LogP contribution in [0.4, 0.5) is 0 Å². The van der Waals surface area contributed by atoms with Crippen molar-refractivity contribution in [3.8, 4) is 0 Å². The van der Waals surface area contributed by atoms with Gasteiger partial charge in [-0.1, -0.05) is 36.4 Å². The Kier molecular flexibility index (Phi) is 5.12. The maximum atomic E-state index is 11.4. The molecule has 0 radical (unpaired) electrons. The summed E-state index contributed by atoms with van der Waals surface area (Å²) < 4.78 is 4.92. The maximum Gasteiger partial charge on any atom is 0.330 e. The van der Waals surface area contributed by atoms with Crippen LogP contribution in [0.3, 0.4) is 0 Å². The van der Waals surface area contributed by atoms with Crippen LogP contribution in [0.5, 0.6) is 0 Å². The number of benzene rings is 2. The molecule has 122 valence electrons. The number of nitrogens with one attached hydrogen (secondary N) is 1. The highest BCUT2D eigenvalue weighted by atomic mass is 16.5. The van der Waals surface area contributed by atoms with Crippen LogP contribution in [0.15, 0.2) is 60.8 Å². The van der Waals surface area contributed by atoms with Crippen LogP contribution < -0.4 is 0 Å². The molecule has 0 unspecified atom stereocenters. The Balaban J connectivity index is 1.77. The van der Waals surface area contributed by atoms with E-state index in [2.05, 4.69) is 41.5 Å². The second-order valence-electron chi connectivity index (χ2n) is 5.69. The summed E-state index contributed by atoms with van der Waals surface area (Å²) in [6, 6.07) is 16.7. The van der Waals surface area contributed by atoms with Gasteiger partial charge in [-0.3, -0.25) is 0 Å². The van der Waals surface area contributed by atoms with Gasteiger partial charge in [-0.2, -0.15) is 0 Å². The third kappa shape index (κ3) is 3.93. The third-order valence-corrected chi connectivity index (χ3v) is 4.02. The fourth-order valence-electron chi connectivity index (χ4n) is 2.78. The van der Waals surface area contributed by atoms with Crippen molar-refractivity contribution < 1.29 is 9.53 Å². The number of aromatic amines is 1. The zero-order valence-electron chi connectivity index (χ0n) is 13.8. The highest BCUT2D eigenvalue weighted by Crippen LogP contribution is 2.22. The lowest BCUT2D eigenvalue weighted by atomic mass is 10.0. The van der Waals surface area contributed by atoms with Crippen LogP contribution in [-0.4, -0.2) is 17.6 Å². The number of carbonyl (C=O) groups is 1. The van der Waals surface area contributed by atoms with E-state index in [1.54, 1.807) is 13.0 Å². The minimum Gasteiger partial charge on any atom is -0.463 e. The SMILES string of the molecule is CCOC(=O)/C=C/c1ccc2[nH]cc(CCc3ccccc3)c2c1. The highest BCUT2D eigenvalue weighted by Gasteiger charge is 2.05. The van der Waals surface area contributed by atoms with E-state index in [1.807, 2.05) is 18.2 Å². The van der Waals surface area contributed by atoms with Gasteiger partial charge in [-0.25, -0.2) is 4.79 Å². The first-order valence-corrected chi connectivity index (χ1v) is 8.25. The van der Waals surface area contributed by atoms with Gasteiger partial charge < -0.3 is 9.72 Å². The van der Waals surface area contributed by atoms with Crippen molar-refractivity contribution in [2.45, 2.75) is 19.8 Å². The summed E-state index contributed by atoms with van der Waals surface area (Å²) in [5.41, 5.74) is 4.74. The van der Waals surface area contributed by atoms with Crippen LogP contribution >= 0.6 is 0 Å². The van der Waals surface area contributed by atoms with Crippen molar-refractivity contribution >= 4 is 22.9 Å². The van der Waals surface area contributed by atoms with Crippen molar-refractivity contribution in [2.24, 2.45) is 0 Å². The zero-order valence-corrected chi connectivity index (χ0v) is 13.8. The van der Waals surface area contributed by atoms with Gasteiger partial charge in [0.25, 0.3) is 0 Å². The van der Waals surface area contributed by atoms with Crippen molar-refractivity contribution in [1.29, 1.82) is 0 Å². The fourth-order valence-corrected chi connectivity index (χ4v) is 2.78. The summed E-state index contributed by atoms with van der Waals surface area (Å²) in [4.78, 5) is 14.8. The monoisotopic (exact) mass is 319 g/mol. The Hall–Kier alpha value is -2.81. The molecule has 3 rings (SSSR count). The molecule has 1 heterocycles. The van der Waals surface area contributed by atoms with Crippen LogP contribution in [0, 0.1) is 0 Å². The number of aromatic nitrogens is 1. The predicted molar refractivity (Wildman–Crippen MR) is 97.8 cm³/mol. The largest absolute Gasteiger partial charge is 0.463 e. The molecule has 24 heavy (non-hydrogen) atoms. The third-order valence-electron chi connectivity index (χ3n) is 4.02. The average Bonchev–Trinajstić information content (AvgIpc) is 3.02. The number of hydrogen-bond acceptors (Lipinski definition) is 2. The lowest BCUT2D eigenvalue weighted by Crippen LogP contribution is -1.98. The summed E-state index contributed by atoms with van der Waals surface area (Å²) in [6.45, 7) is 2.19. The molecular formula is C21H21NO2.